The van der Waals surface area contributed by atoms with E-state index in [9.17, 15) is 4.79 Å². The van der Waals surface area contributed by atoms with E-state index in [0.29, 0.717) is 13.0 Å². The van der Waals surface area contributed by atoms with Crippen LogP contribution < -0.4 is 11.1 Å². The predicted octanol–water partition coefficient (Wildman–Crippen LogP) is 2.97. The molecule has 0 saturated heterocycles. The van der Waals surface area contributed by atoms with Crippen molar-refractivity contribution in [2.75, 3.05) is 6.54 Å². The number of carbonyl (C=O) groups is 1. The Labute approximate surface area is 153 Å². The first-order valence-electron chi connectivity index (χ1n) is 6.97. The Morgan fingerprint density at radius 2 is 1.91 bits per heavy atom. The number of halogens is 2. The molecule has 128 valence electrons. The molecule has 1 amide bonds. The summed E-state index contributed by atoms with van der Waals surface area (Å²) in [5, 5.41) is 5.90. The maximum Gasteiger partial charge on any atom is 0.226 e. The summed E-state index contributed by atoms with van der Waals surface area (Å²) < 4.78 is 0. The molecule has 0 spiro atoms. The van der Waals surface area contributed by atoms with Crippen LogP contribution in [0.5, 0.6) is 0 Å². The smallest absolute Gasteiger partial charge is 0.226 e. The number of amides is 1. The normalized spacial score (nSPS) is 10.4. The predicted molar refractivity (Wildman–Crippen MR) is 101 cm³/mol. The van der Waals surface area contributed by atoms with Gasteiger partial charge < -0.3 is 11.1 Å². The van der Waals surface area contributed by atoms with Crippen LogP contribution in [0.25, 0.3) is 0 Å². The minimum Gasteiger partial charge on any atom is -0.350 e. The van der Waals surface area contributed by atoms with Gasteiger partial charge in [-0.2, -0.15) is 0 Å². The van der Waals surface area contributed by atoms with Gasteiger partial charge in [0, 0.05) is 23.9 Å². The number of rotatable bonds is 6. The van der Waals surface area contributed by atoms with Gasteiger partial charge in [-0.25, -0.2) is 4.98 Å². The van der Waals surface area contributed by atoms with Crippen molar-refractivity contribution in [3.63, 3.8) is 0 Å². The zero-order valence-corrected chi connectivity index (χ0v) is 15.7. The third kappa shape index (κ3) is 7.31. The molecular weight excluding hydrogens is 353 g/mol. The Hall–Kier alpha value is -1.14. The third-order valence-corrected chi connectivity index (χ3v) is 4.02. The molecule has 2 rings (SSSR count). The lowest BCUT2D eigenvalue weighted by Gasteiger charge is -2.23. The van der Waals surface area contributed by atoms with Gasteiger partial charge in [0.2, 0.25) is 5.91 Å². The van der Waals surface area contributed by atoms with Crippen LogP contribution >= 0.6 is 36.2 Å². The second-order valence-electron chi connectivity index (χ2n) is 5.71. The van der Waals surface area contributed by atoms with E-state index in [4.69, 9.17) is 5.73 Å². The SMILES string of the molecule is CC(C)(CN)NC(=O)Cc1csc(Cc2ccccc2)n1.Cl.Cl. The summed E-state index contributed by atoms with van der Waals surface area (Å²) in [6.45, 7) is 4.23. The van der Waals surface area contributed by atoms with Crippen molar-refractivity contribution < 1.29 is 4.79 Å². The van der Waals surface area contributed by atoms with Gasteiger partial charge in [-0.1, -0.05) is 30.3 Å². The summed E-state index contributed by atoms with van der Waals surface area (Å²) >= 11 is 1.59. The molecule has 3 N–H and O–H groups in total. The van der Waals surface area contributed by atoms with E-state index in [-0.39, 0.29) is 36.3 Å². The summed E-state index contributed by atoms with van der Waals surface area (Å²) in [7, 11) is 0. The molecule has 0 bridgehead atoms. The molecule has 0 saturated carbocycles. The number of nitrogens with two attached hydrogens (primary N) is 1. The fraction of sp³-hybridized carbons (Fsp3) is 0.375. The monoisotopic (exact) mass is 375 g/mol. The van der Waals surface area contributed by atoms with Crippen molar-refractivity contribution in [3.05, 3.63) is 52.0 Å². The fourth-order valence-electron chi connectivity index (χ4n) is 1.92. The molecule has 0 aliphatic carbocycles. The molecule has 0 aliphatic heterocycles. The van der Waals surface area contributed by atoms with Crippen LogP contribution in [0.1, 0.15) is 30.1 Å². The van der Waals surface area contributed by atoms with E-state index in [0.717, 1.165) is 17.1 Å². The standard InChI is InChI=1S/C16H21N3OS.2ClH/c1-16(2,11-17)19-14(20)9-13-10-21-15(18-13)8-12-6-4-3-5-7-12;;/h3-7,10H,8-9,11,17H2,1-2H3,(H,19,20);2*1H. The van der Waals surface area contributed by atoms with Gasteiger partial charge in [0.05, 0.1) is 17.1 Å². The second kappa shape index (κ2) is 9.88. The Balaban J connectivity index is 0.00000242. The summed E-state index contributed by atoms with van der Waals surface area (Å²) in [4.78, 5) is 16.5. The molecule has 0 unspecified atom stereocenters. The van der Waals surface area contributed by atoms with Crippen LogP contribution in [-0.4, -0.2) is 23.0 Å². The van der Waals surface area contributed by atoms with Crippen molar-refractivity contribution in [1.29, 1.82) is 0 Å². The summed E-state index contributed by atoms with van der Waals surface area (Å²) in [6, 6.07) is 10.2. The first-order chi connectivity index (χ1) is 9.98. The zero-order valence-electron chi connectivity index (χ0n) is 13.2. The van der Waals surface area contributed by atoms with Crippen LogP contribution in [0.2, 0.25) is 0 Å². The van der Waals surface area contributed by atoms with Gasteiger partial charge >= 0.3 is 0 Å². The maximum absolute atomic E-state index is 12.0. The van der Waals surface area contributed by atoms with Gasteiger partial charge in [0.15, 0.2) is 0 Å². The number of hydrogen-bond acceptors (Lipinski definition) is 4. The number of thiazole rings is 1. The first kappa shape index (κ1) is 21.9. The van der Waals surface area contributed by atoms with Crippen molar-refractivity contribution in [2.45, 2.75) is 32.2 Å². The van der Waals surface area contributed by atoms with Crippen molar-refractivity contribution >= 4 is 42.1 Å². The summed E-state index contributed by atoms with van der Waals surface area (Å²) in [5.74, 6) is -0.0398. The third-order valence-electron chi connectivity index (χ3n) is 3.13. The van der Waals surface area contributed by atoms with Crippen LogP contribution in [0.15, 0.2) is 35.7 Å². The zero-order chi connectivity index (χ0) is 15.3. The van der Waals surface area contributed by atoms with Crippen LogP contribution in [-0.2, 0) is 17.6 Å². The van der Waals surface area contributed by atoms with E-state index in [1.807, 2.05) is 37.4 Å². The number of aromatic nitrogens is 1. The molecule has 23 heavy (non-hydrogen) atoms. The molecule has 4 nitrogen and oxygen atoms in total. The Bertz CT molecular complexity index is 602. The van der Waals surface area contributed by atoms with Crippen molar-refractivity contribution in [1.82, 2.24) is 10.3 Å². The van der Waals surface area contributed by atoms with Gasteiger partial charge in [0.25, 0.3) is 0 Å². The van der Waals surface area contributed by atoms with E-state index < -0.39 is 0 Å². The highest BCUT2D eigenvalue weighted by atomic mass is 35.5. The van der Waals surface area contributed by atoms with Gasteiger partial charge in [-0.3, -0.25) is 4.79 Å². The van der Waals surface area contributed by atoms with Gasteiger partial charge in [-0.15, -0.1) is 36.2 Å². The minimum atomic E-state index is -0.375. The van der Waals surface area contributed by atoms with Gasteiger partial charge in [-0.05, 0) is 19.4 Å². The van der Waals surface area contributed by atoms with Crippen LogP contribution in [0.3, 0.4) is 0 Å². The topological polar surface area (TPSA) is 68.0 Å². The molecule has 7 heteroatoms. The number of nitrogens with one attached hydrogen (secondary N) is 1. The average molecular weight is 376 g/mol. The van der Waals surface area contributed by atoms with E-state index in [1.54, 1.807) is 11.3 Å². The number of carbonyl (C=O) groups excluding carboxylic acids is 1. The molecule has 1 heterocycles. The first-order valence-corrected chi connectivity index (χ1v) is 7.85. The summed E-state index contributed by atoms with van der Waals surface area (Å²) in [6.07, 6.45) is 1.11. The lowest BCUT2D eigenvalue weighted by Crippen LogP contribution is -2.49. The summed E-state index contributed by atoms with van der Waals surface area (Å²) in [5.41, 5.74) is 7.28. The largest absolute Gasteiger partial charge is 0.350 e. The van der Waals surface area contributed by atoms with Crippen LogP contribution in [0, 0.1) is 0 Å². The molecule has 0 radical (unpaired) electrons. The Kier molecular flexibility index (Phi) is 9.39. The highest BCUT2D eigenvalue weighted by Gasteiger charge is 2.18. The van der Waals surface area contributed by atoms with E-state index >= 15 is 0 Å². The number of benzene rings is 1. The highest BCUT2D eigenvalue weighted by Crippen LogP contribution is 2.15. The highest BCUT2D eigenvalue weighted by molar-refractivity contribution is 7.09. The molecule has 1 aromatic heterocycles. The Morgan fingerprint density at radius 1 is 1.26 bits per heavy atom. The number of hydrogen-bond donors (Lipinski definition) is 2. The van der Waals surface area contributed by atoms with E-state index in [1.165, 1.54) is 5.56 Å². The minimum absolute atomic E-state index is 0. The van der Waals surface area contributed by atoms with Crippen molar-refractivity contribution in [3.8, 4) is 0 Å². The molecule has 0 aliphatic rings. The number of nitrogens with zero attached hydrogens (tertiary/aromatic N) is 1. The average Bonchev–Trinajstić information content (AvgIpc) is 2.86. The molecule has 1 aromatic carbocycles. The maximum atomic E-state index is 12.0. The fourth-order valence-corrected chi connectivity index (χ4v) is 2.75. The molecule has 2 aromatic rings. The lowest BCUT2D eigenvalue weighted by atomic mass is 10.1. The van der Waals surface area contributed by atoms with Gasteiger partial charge in [0.1, 0.15) is 0 Å². The molecule has 0 atom stereocenters. The lowest BCUT2D eigenvalue weighted by molar-refractivity contribution is -0.121. The second-order valence-corrected chi connectivity index (χ2v) is 6.65. The molecule has 0 fully saturated rings. The Morgan fingerprint density at radius 3 is 2.52 bits per heavy atom. The quantitative estimate of drug-likeness (QED) is 0.815. The van der Waals surface area contributed by atoms with E-state index in [2.05, 4.69) is 22.4 Å². The van der Waals surface area contributed by atoms with Crippen molar-refractivity contribution in [2.24, 2.45) is 5.73 Å². The molecular formula is C16H23Cl2N3OS. The van der Waals surface area contributed by atoms with Crippen LogP contribution in [0.4, 0.5) is 0 Å².